The van der Waals surface area contributed by atoms with E-state index >= 15 is 0 Å². The first-order chi connectivity index (χ1) is 11.8. The zero-order chi connectivity index (χ0) is 18.4. The number of aliphatic hydroxyl groups excluding tert-OH is 1. The van der Waals surface area contributed by atoms with Gasteiger partial charge in [-0.25, -0.2) is 4.98 Å². The number of nitriles is 1. The van der Waals surface area contributed by atoms with Crippen molar-refractivity contribution < 1.29 is 18.7 Å². The van der Waals surface area contributed by atoms with Crippen LogP contribution in [-0.2, 0) is 17.3 Å². The van der Waals surface area contributed by atoms with Crippen molar-refractivity contribution in [2.75, 3.05) is 4.90 Å². The van der Waals surface area contributed by atoms with E-state index in [1.54, 1.807) is 0 Å². The average Bonchev–Trinajstić information content (AvgIpc) is 2.77. The number of hydrogen-bond acceptors (Lipinski definition) is 4. The van der Waals surface area contributed by atoms with E-state index in [1.165, 1.54) is 37.3 Å². The van der Waals surface area contributed by atoms with Gasteiger partial charge in [0, 0.05) is 5.56 Å². The summed E-state index contributed by atoms with van der Waals surface area (Å²) >= 11 is 5.73. The third kappa shape index (κ3) is 2.73. The Morgan fingerprint density at radius 3 is 2.76 bits per heavy atom. The van der Waals surface area contributed by atoms with Crippen molar-refractivity contribution in [1.29, 1.82) is 5.26 Å². The van der Waals surface area contributed by atoms with Gasteiger partial charge in [0.25, 0.3) is 0 Å². The van der Waals surface area contributed by atoms with E-state index < -0.39 is 23.5 Å². The zero-order valence-corrected chi connectivity index (χ0v) is 13.8. The molecule has 1 aromatic carbocycles. The number of fused-ring (bicyclic) bond motifs is 1. The predicted molar refractivity (Wildman–Crippen MR) is 86.1 cm³/mol. The molecule has 3 rings (SSSR count). The first-order valence-corrected chi connectivity index (χ1v) is 7.72. The van der Waals surface area contributed by atoms with Gasteiger partial charge in [-0.3, -0.25) is 4.79 Å². The summed E-state index contributed by atoms with van der Waals surface area (Å²) in [4.78, 5) is 17.0. The summed E-state index contributed by atoms with van der Waals surface area (Å²) in [5.41, 5.74) is -0.245. The Morgan fingerprint density at radius 1 is 1.40 bits per heavy atom. The van der Waals surface area contributed by atoms with Gasteiger partial charge in [0.2, 0.25) is 0 Å². The van der Waals surface area contributed by atoms with Crippen LogP contribution in [0.3, 0.4) is 0 Å². The Bertz CT molecular complexity index is 909. The van der Waals surface area contributed by atoms with Crippen molar-refractivity contribution in [3.8, 4) is 6.07 Å². The molecule has 8 heteroatoms. The second kappa shape index (κ2) is 6.06. The number of carbonyl (C=O) groups is 1. The normalized spacial score (nSPS) is 16.5. The number of anilines is 1. The lowest BCUT2D eigenvalue weighted by Gasteiger charge is -2.18. The van der Waals surface area contributed by atoms with E-state index in [1.807, 2.05) is 6.07 Å². The predicted octanol–water partition coefficient (Wildman–Crippen LogP) is 3.30. The second-order valence-electron chi connectivity index (χ2n) is 5.64. The van der Waals surface area contributed by atoms with E-state index in [4.69, 9.17) is 16.9 Å². The number of aromatic nitrogens is 1. The van der Waals surface area contributed by atoms with Gasteiger partial charge in [0.05, 0.1) is 23.9 Å². The number of pyridine rings is 1. The molecule has 0 radical (unpaired) electrons. The van der Waals surface area contributed by atoms with Gasteiger partial charge in [0.1, 0.15) is 16.9 Å². The summed E-state index contributed by atoms with van der Waals surface area (Å²) in [6, 6.07) is 8.96. The van der Waals surface area contributed by atoms with Crippen LogP contribution in [0.25, 0.3) is 0 Å². The molecule has 0 aliphatic carbocycles. The number of halogens is 3. The quantitative estimate of drug-likeness (QED) is 0.849. The van der Waals surface area contributed by atoms with Crippen molar-refractivity contribution in [1.82, 2.24) is 4.98 Å². The minimum Gasteiger partial charge on any atom is -0.389 e. The number of carbonyl (C=O) groups excluding carboxylic acids is 1. The standard InChI is InChI=1S/C17H12ClF2N3O2/c1-9(24)11-3-2-4-13-15(11)17(19,20)16(25)23(13)8-10-5-6-14(18)22-12(10)7-21/h2-6,9,24H,8H2,1H3/t9-/m0/s1. The zero-order valence-electron chi connectivity index (χ0n) is 13.0. The van der Waals surface area contributed by atoms with Crippen LogP contribution in [0.4, 0.5) is 14.5 Å². The van der Waals surface area contributed by atoms with E-state index in [-0.39, 0.29) is 28.6 Å². The van der Waals surface area contributed by atoms with E-state index in [2.05, 4.69) is 4.98 Å². The molecule has 0 unspecified atom stereocenters. The van der Waals surface area contributed by atoms with Crippen LogP contribution in [0.2, 0.25) is 5.15 Å². The first kappa shape index (κ1) is 17.3. The fourth-order valence-electron chi connectivity index (χ4n) is 2.87. The Morgan fingerprint density at radius 2 is 2.12 bits per heavy atom. The average molecular weight is 364 g/mol. The monoisotopic (exact) mass is 363 g/mol. The Labute approximate surface area is 147 Å². The lowest BCUT2D eigenvalue weighted by Crippen LogP contribution is -2.34. The number of hydrogen-bond donors (Lipinski definition) is 1. The minimum atomic E-state index is -3.75. The fourth-order valence-corrected chi connectivity index (χ4v) is 3.02. The Balaban J connectivity index is 2.11. The van der Waals surface area contributed by atoms with Crippen molar-refractivity contribution >= 4 is 23.2 Å². The highest BCUT2D eigenvalue weighted by Crippen LogP contribution is 2.47. The smallest absolute Gasteiger partial charge is 0.352 e. The summed E-state index contributed by atoms with van der Waals surface area (Å²) in [5, 5.41) is 19.0. The van der Waals surface area contributed by atoms with E-state index in [9.17, 15) is 18.7 Å². The van der Waals surface area contributed by atoms with Crippen LogP contribution < -0.4 is 4.90 Å². The fraction of sp³-hybridized carbons (Fsp3) is 0.235. The molecule has 1 aliphatic heterocycles. The highest BCUT2D eigenvalue weighted by molar-refractivity contribution is 6.29. The highest BCUT2D eigenvalue weighted by atomic mass is 35.5. The van der Waals surface area contributed by atoms with E-state index in [0.717, 1.165) is 4.90 Å². The maximum Gasteiger partial charge on any atom is 0.352 e. The first-order valence-electron chi connectivity index (χ1n) is 7.34. The molecule has 2 aromatic rings. The van der Waals surface area contributed by atoms with Crippen molar-refractivity contribution in [2.45, 2.75) is 25.5 Å². The Kier molecular flexibility index (Phi) is 4.19. The molecular weight excluding hydrogens is 352 g/mol. The summed E-state index contributed by atoms with van der Waals surface area (Å²) in [6.45, 7) is 1.10. The molecule has 0 saturated heterocycles. The number of nitrogens with zero attached hydrogens (tertiary/aromatic N) is 3. The maximum atomic E-state index is 14.5. The molecule has 0 bridgehead atoms. The van der Waals surface area contributed by atoms with Crippen molar-refractivity contribution in [3.63, 3.8) is 0 Å². The van der Waals surface area contributed by atoms with Gasteiger partial charge in [0.15, 0.2) is 0 Å². The third-order valence-electron chi connectivity index (χ3n) is 4.02. The van der Waals surface area contributed by atoms with Crippen LogP contribution in [0.5, 0.6) is 0 Å². The summed E-state index contributed by atoms with van der Waals surface area (Å²) in [6.07, 6.45) is -1.15. The molecule has 0 spiro atoms. The van der Waals surface area contributed by atoms with Gasteiger partial charge in [-0.2, -0.15) is 14.0 Å². The van der Waals surface area contributed by atoms with Crippen LogP contribution in [0.15, 0.2) is 30.3 Å². The number of benzene rings is 1. The number of alkyl halides is 2. The number of amides is 1. The molecule has 2 heterocycles. The van der Waals surface area contributed by atoms with Crippen LogP contribution >= 0.6 is 11.6 Å². The minimum absolute atomic E-state index is 0.00640. The van der Waals surface area contributed by atoms with Crippen LogP contribution in [0, 0.1) is 11.3 Å². The van der Waals surface area contributed by atoms with Crippen LogP contribution in [0.1, 0.15) is 35.4 Å². The molecule has 128 valence electrons. The molecule has 0 saturated carbocycles. The molecule has 1 aliphatic rings. The lowest BCUT2D eigenvalue weighted by molar-refractivity contribution is -0.141. The molecular formula is C17H12ClF2N3O2. The number of rotatable bonds is 3. The molecule has 1 N–H and O–H groups in total. The van der Waals surface area contributed by atoms with Gasteiger partial charge < -0.3 is 10.0 Å². The van der Waals surface area contributed by atoms with Crippen LogP contribution in [-0.4, -0.2) is 16.0 Å². The highest BCUT2D eigenvalue weighted by Gasteiger charge is 2.54. The van der Waals surface area contributed by atoms with Gasteiger partial charge in [-0.1, -0.05) is 29.8 Å². The second-order valence-corrected chi connectivity index (χ2v) is 6.02. The van der Waals surface area contributed by atoms with E-state index in [0.29, 0.717) is 5.56 Å². The molecule has 1 atom stereocenters. The van der Waals surface area contributed by atoms with Crippen molar-refractivity contribution in [2.24, 2.45) is 0 Å². The van der Waals surface area contributed by atoms with Gasteiger partial charge in [-0.05, 0) is 24.6 Å². The molecule has 1 amide bonds. The molecule has 1 aromatic heterocycles. The van der Waals surface area contributed by atoms with Crippen molar-refractivity contribution in [3.05, 3.63) is 57.9 Å². The van der Waals surface area contributed by atoms with Gasteiger partial charge >= 0.3 is 11.8 Å². The van der Waals surface area contributed by atoms with Gasteiger partial charge in [-0.15, -0.1) is 0 Å². The summed E-state index contributed by atoms with van der Waals surface area (Å²) < 4.78 is 29.1. The molecule has 25 heavy (non-hydrogen) atoms. The summed E-state index contributed by atoms with van der Waals surface area (Å²) in [7, 11) is 0. The lowest BCUT2D eigenvalue weighted by atomic mass is 9.98. The SMILES string of the molecule is C[C@H](O)c1cccc2c1C(F)(F)C(=O)N2Cc1ccc(Cl)nc1C#N. The Hall–Kier alpha value is -2.56. The molecule has 5 nitrogen and oxygen atoms in total. The molecule has 0 fully saturated rings. The summed E-state index contributed by atoms with van der Waals surface area (Å²) in [5.74, 6) is -5.16. The largest absolute Gasteiger partial charge is 0.389 e. The number of aliphatic hydroxyl groups is 1. The topological polar surface area (TPSA) is 77.2 Å². The maximum absolute atomic E-state index is 14.5. The third-order valence-corrected chi connectivity index (χ3v) is 4.23.